The van der Waals surface area contributed by atoms with Crippen LogP contribution in [0.2, 0.25) is 0 Å². The summed E-state index contributed by atoms with van der Waals surface area (Å²) in [6.45, 7) is 7.11. The van der Waals surface area contributed by atoms with Crippen molar-refractivity contribution >= 4 is 57.7 Å². The van der Waals surface area contributed by atoms with Crippen LogP contribution < -0.4 is 21.3 Å². The number of hydrogen-bond acceptors (Lipinski definition) is 3. The van der Waals surface area contributed by atoms with E-state index in [1.165, 1.54) is 0 Å². The van der Waals surface area contributed by atoms with Gasteiger partial charge in [-0.3, -0.25) is 14.6 Å². The molecule has 2 amide bonds. The summed E-state index contributed by atoms with van der Waals surface area (Å²) in [5.41, 5.74) is 0.358. The van der Waals surface area contributed by atoms with E-state index in [-0.39, 0.29) is 47.9 Å². The van der Waals surface area contributed by atoms with Crippen LogP contribution in [0.4, 0.5) is 0 Å². The predicted octanol–water partition coefficient (Wildman–Crippen LogP) is 2.27. The highest BCUT2D eigenvalue weighted by molar-refractivity contribution is 14.0. The Balaban J connectivity index is 0.00000676. The molecule has 0 aliphatic heterocycles. The van der Waals surface area contributed by atoms with E-state index in [9.17, 15) is 9.59 Å². The molecule has 0 spiro atoms. The van der Waals surface area contributed by atoms with Gasteiger partial charge in [-0.2, -0.15) is 0 Å². The summed E-state index contributed by atoms with van der Waals surface area (Å²) in [4.78, 5) is 27.9. The first-order chi connectivity index (χ1) is 12.2. The Morgan fingerprint density at radius 1 is 1.11 bits per heavy atom. The van der Waals surface area contributed by atoms with Crippen molar-refractivity contribution in [3.05, 3.63) is 34.3 Å². The van der Waals surface area contributed by atoms with E-state index < -0.39 is 0 Å². The Kier molecular flexibility index (Phi) is 12.3. The zero-order valence-electron chi connectivity index (χ0n) is 16.2. The number of nitrogens with zero attached hydrogens (tertiary/aromatic N) is 1. The molecular weight excluding hydrogens is 525 g/mol. The summed E-state index contributed by atoms with van der Waals surface area (Å²) in [6.07, 6.45) is 0.731. The molecule has 0 unspecified atom stereocenters. The SMILES string of the molecule is CN=C(NCCCNC(=O)c1cccc(Br)c1)NCC(=O)NC(C)(C)C.I. The first kappa shape index (κ1) is 25.6. The van der Waals surface area contributed by atoms with Crippen LogP contribution in [-0.4, -0.2) is 50.0 Å². The number of halogens is 2. The number of carbonyl (C=O) groups is 2. The molecule has 4 N–H and O–H groups in total. The Labute approximate surface area is 186 Å². The fourth-order valence-electron chi connectivity index (χ4n) is 2.08. The molecule has 0 aliphatic rings. The molecule has 0 aromatic heterocycles. The molecule has 1 aromatic rings. The summed E-state index contributed by atoms with van der Waals surface area (Å²) in [7, 11) is 1.64. The van der Waals surface area contributed by atoms with Crippen molar-refractivity contribution in [1.82, 2.24) is 21.3 Å². The third-order valence-electron chi connectivity index (χ3n) is 3.17. The Hall–Kier alpha value is -1.36. The molecule has 9 heteroatoms. The lowest BCUT2D eigenvalue weighted by atomic mass is 10.1. The Morgan fingerprint density at radius 2 is 1.78 bits per heavy atom. The highest BCUT2D eigenvalue weighted by Crippen LogP contribution is 2.11. The molecule has 0 bridgehead atoms. The number of guanidine groups is 1. The minimum atomic E-state index is -0.262. The Morgan fingerprint density at radius 3 is 2.37 bits per heavy atom. The molecule has 0 aliphatic carbocycles. The molecular formula is C18H29BrIN5O2. The molecule has 0 fully saturated rings. The number of rotatable bonds is 7. The maximum atomic E-state index is 12.0. The van der Waals surface area contributed by atoms with E-state index >= 15 is 0 Å². The Bertz CT molecular complexity index is 647. The van der Waals surface area contributed by atoms with Gasteiger partial charge in [-0.15, -0.1) is 24.0 Å². The normalized spacial score (nSPS) is 11.2. The van der Waals surface area contributed by atoms with Gasteiger partial charge in [-0.05, 0) is 45.4 Å². The number of aliphatic imine (C=N–C) groups is 1. The highest BCUT2D eigenvalue weighted by atomic mass is 127. The van der Waals surface area contributed by atoms with Crippen molar-refractivity contribution in [3.8, 4) is 0 Å². The molecule has 1 aromatic carbocycles. The van der Waals surface area contributed by atoms with Crippen LogP contribution in [0.1, 0.15) is 37.6 Å². The molecule has 27 heavy (non-hydrogen) atoms. The van der Waals surface area contributed by atoms with Crippen molar-refractivity contribution < 1.29 is 9.59 Å². The molecule has 152 valence electrons. The van der Waals surface area contributed by atoms with Crippen LogP contribution in [0.3, 0.4) is 0 Å². The van der Waals surface area contributed by atoms with Crippen molar-refractivity contribution in [3.63, 3.8) is 0 Å². The van der Waals surface area contributed by atoms with Crippen LogP contribution in [-0.2, 0) is 4.79 Å². The van der Waals surface area contributed by atoms with Gasteiger partial charge in [-0.25, -0.2) is 0 Å². The molecule has 0 radical (unpaired) electrons. The first-order valence-electron chi connectivity index (χ1n) is 8.50. The first-order valence-corrected chi connectivity index (χ1v) is 9.30. The zero-order chi connectivity index (χ0) is 19.6. The third kappa shape index (κ3) is 11.9. The molecule has 7 nitrogen and oxygen atoms in total. The van der Waals surface area contributed by atoms with Gasteiger partial charge in [0, 0.05) is 35.7 Å². The second-order valence-corrected chi connectivity index (χ2v) is 7.69. The zero-order valence-corrected chi connectivity index (χ0v) is 20.1. The number of benzene rings is 1. The summed E-state index contributed by atoms with van der Waals surface area (Å²) < 4.78 is 0.872. The van der Waals surface area contributed by atoms with Crippen LogP contribution in [0, 0.1) is 0 Å². The quantitative estimate of drug-likeness (QED) is 0.180. The molecule has 0 atom stereocenters. The smallest absolute Gasteiger partial charge is 0.251 e. The van der Waals surface area contributed by atoms with Gasteiger partial charge in [0.05, 0.1) is 6.54 Å². The largest absolute Gasteiger partial charge is 0.356 e. The van der Waals surface area contributed by atoms with Crippen LogP contribution in [0.15, 0.2) is 33.7 Å². The molecule has 0 saturated carbocycles. The van der Waals surface area contributed by atoms with E-state index in [2.05, 4.69) is 42.2 Å². The highest BCUT2D eigenvalue weighted by Gasteiger charge is 2.13. The fraction of sp³-hybridized carbons (Fsp3) is 0.500. The third-order valence-corrected chi connectivity index (χ3v) is 3.67. The van der Waals surface area contributed by atoms with Gasteiger partial charge in [0.2, 0.25) is 5.91 Å². The fourth-order valence-corrected chi connectivity index (χ4v) is 2.48. The van der Waals surface area contributed by atoms with Gasteiger partial charge in [-0.1, -0.05) is 22.0 Å². The van der Waals surface area contributed by atoms with E-state index in [0.29, 0.717) is 24.6 Å². The van der Waals surface area contributed by atoms with Gasteiger partial charge in [0.1, 0.15) is 0 Å². The lowest BCUT2D eigenvalue weighted by Crippen LogP contribution is -2.48. The summed E-state index contributed by atoms with van der Waals surface area (Å²) in [5, 5.41) is 11.8. The van der Waals surface area contributed by atoms with Crippen molar-refractivity contribution in [2.45, 2.75) is 32.7 Å². The van der Waals surface area contributed by atoms with Gasteiger partial charge < -0.3 is 21.3 Å². The minimum absolute atomic E-state index is 0. The summed E-state index contributed by atoms with van der Waals surface area (Å²) in [6, 6.07) is 7.25. The van der Waals surface area contributed by atoms with Crippen molar-refractivity contribution in [2.75, 3.05) is 26.7 Å². The average Bonchev–Trinajstić information content (AvgIpc) is 2.55. The second kappa shape index (κ2) is 12.9. The molecule has 0 saturated heterocycles. The number of nitrogens with one attached hydrogen (secondary N) is 4. The number of carbonyl (C=O) groups excluding carboxylic acids is 2. The maximum absolute atomic E-state index is 12.0. The van der Waals surface area contributed by atoms with E-state index in [1.807, 2.05) is 32.9 Å². The maximum Gasteiger partial charge on any atom is 0.251 e. The average molecular weight is 554 g/mol. The lowest BCUT2D eigenvalue weighted by molar-refractivity contribution is -0.121. The monoisotopic (exact) mass is 553 g/mol. The van der Waals surface area contributed by atoms with Crippen LogP contribution in [0.25, 0.3) is 0 Å². The standard InChI is InChI=1S/C18H28BrN5O2.HI/c1-18(2,3)24-15(25)12-23-17(20-4)22-10-6-9-21-16(26)13-7-5-8-14(19)11-13;/h5,7-8,11H,6,9-10,12H2,1-4H3,(H,21,26)(H,24,25)(H2,20,22,23);1H. The molecule has 0 heterocycles. The number of hydrogen-bond donors (Lipinski definition) is 4. The number of amides is 2. The minimum Gasteiger partial charge on any atom is -0.356 e. The van der Waals surface area contributed by atoms with Gasteiger partial charge >= 0.3 is 0 Å². The van der Waals surface area contributed by atoms with E-state index in [1.54, 1.807) is 19.2 Å². The summed E-state index contributed by atoms with van der Waals surface area (Å²) >= 11 is 3.35. The predicted molar refractivity (Wildman–Crippen MR) is 124 cm³/mol. The van der Waals surface area contributed by atoms with Crippen molar-refractivity contribution in [1.29, 1.82) is 0 Å². The van der Waals surface area contributed by atoms with E-state index in [0.717, 1.165) is 10.9 Å². The summed E-state index contributed by atoms with van der Waals surface area (Å²) in [5.74, 6) is 0.349. The van der Waals surface area contributed by atoms with Crippen LogP contribution in [0.5, 0.6) is 0 Å². The lowest BCUT2D eigenvalue weighted by Gasteiger charge is -2.21. The van der Waals surface area contributed by atoms with E-state index in [4.69, 9.17) is 0 Å². The van der Waals surface area contributed by atoms with Crippen LogP contribution >= 0.6 is 39.9 Å². The topological polar surface area (TPSA) is 94.6 Å². The van der Waals surface area contributed by atoms with Gasteiger partial charge in [0.25, 0.3) is 5.91 Å². The van der Waals surface area contributed by atoms with Crippen molar-refractivity contribution in [2.24, 2.45) is 4.99 Å². The molecule has 1 rings (SSSR count). The second-order valence-electron chi connectivity index (χ2n) is 6.77. The van der Waals surface area contributed by atoms with Gasteiger partial charge in [0.15, 0.2) is 5.96 Å².